The molecule has 8 nitrogen and oxygen atoms in total. The van der Waals surface area contributed by atoms with Crippen LogP contribution < -0.4 is 14.4 Å². The van der Waals surface area contributed by atoms with Crippen molar-refractivity contribution >= 4 is 22.4 Å². The van der Waals surface area contributed by atoms with Crippen LogP contribution in [0.15, 0.2) is 73.3 Å². The SMILES string of the molecule is COc1cc(OC)cc(N(CC#Cc2cc(C)ccn2)c2ccc3nc(-c4cnn(C)c4)cnc3c2)c1. The summed E-state index contributed by atoms with van der Waals surface area (Å²) in [6, 6.07) is 15.7. The molecule has 3 heterocycles. The first-order valence-electron chi connectivity index (χ1n) is 11.7. The van der Waals surface area contributed by atoms with E-state index in [0.29, 0.717) is 18.0 Å². The van der Waals surface area contributed by atoms with Gasteiger partial charge in [-0.1, -0.05) is 5.92 Å². The minimum Gasteiger partial charge on any atom is -0.497 e. The Bertz CT molecular complexity index is 1610. The van der Waals surface area contributed by atoms with Gasteiger partial charge in [0.2, 0.25) is 0 Å². The van der Waals surface area contributed by atoms with Crippen molar-refractivity contribution in [2.24, 2.45) is 7.05 Å². The van der Waals surface area contributed by atoms with E-state index in [4.69, 9.17) is 14.5 Å². The van der Waals surface area contributed by atoms with Crippen molar-refractivity contribution in [1.82, 2.24) is 24.7 Å². The highest BCUT2D eigenvalue weighted by Gasteiger charge is 2.14. The molecule has 0 amide bonds. The van der Waals surface area contributed by atoms with Crippen LogP contribution in [0.2, 0.25) is 0 Å². The number of hydrogen-bond donors (Lipinski definition) is 0. The maximum absolute atomic E-state index is 5.52. The smallest absolute Gasteiger partial charge is 0.124 e. The summed E-state index contributed by atoms with van der Waals surface area (Å²) in [7, 11) is 5.15. The van der Waals surface area contributed by atoms with Crippen LogP contribution in [-0.2, 0) is 7.05 Å². The van der Waals surface area contributed by atoms with E-state index in [2.05, 4.69) is 31.8 Å². The summed E-state index contributed by atoms with van der Waals surface area (Å²) in [5.74, 6) is 7.82. The van der Waals surface area contributed by atoms with E-state index in [-0.39, 0.29) is 0 Å². The maximum atomic E-state index is 5.52. The first kappa shape index (κ1) is 23.8. The van der Waals surface area contributed by atoms with Crippen LogP contribution in [0.1, 0.15) is 11.3 Å². The van der Waals surface area contributed by atoms with E-state index in [1.54, 1.807) is 37.5 Å². The number of ether oxygens (including phenoxy) is 2. The summed E-state index contributed by atoms with van der Waals surface area (Å²) in [6.07, 6.45) is 7.24. The molecular formula is C29H26N6O2. The first-order valence-corrected chi connectivity index (χ1v) is 11.7. The summed E-state index contributed by atoms with van der Waals surface area (Å²) < 4.78 is 12.8. The second kappa shape index (κ2) is 10.4. The molecule has 0 N–H and O–H groups in total. The van der Waals surface area contributed by atoms with Gasteiger partial charge in [-0.25, -0.2) is 9.97 Å². The van der Waals surface area contributed by atoms with Gasteiger partial charge in [-0.15, -0.1) is 0 Å². The largest absolute Gasteiger partial charge is 0.497 e. The number of nitrogens with zero attached hydrogens (tertiary/aromatic N) is 6. The Morgan fingerprint density at radius 3 is 2.41 bits per heavy atom. The van der Waals surface area contributed by atoms with Crippen LogP contribution in [0.3, 0.4) is 0 Å². The number of pyridine rings is 1. The van der Waals surface area contributed by atoms with E-state index in [9.17, 15) is 0 Å². The predicted molar refractivity (Wildman–Crippen MR) is 144 cm³/mol. The molecule has 0 saturated heterocycles. The molecule has 0 aliphatic rings. The fourth-order valence-corrected chi connectivity index (χ4v) is 3.95. The van der Waals surface area contributed by atoms with Crippen LogP contribution in [-0.4, -0.2) is 45.5 Å². The quantitative estimate of drug-likeness (QED) is 0.312. The molecule has 37 heavy (non-hydrogen) atoms. The summed E-state index contributed by atoms with van der Waals surface area (Å²) in [6.45, 7) is 2.44. The van der Waals surface area contributed by atoms with Crippen LogP contribution in [0, 0.1) is 18.8 Å². The first-order chi connectivity index (χ1) is 18.0. The summed E-state index contributed by atoms with van der Waals surface area (Å²) in [5.41, 5.74) is 6.91. The van der Waals surface area contributed by atoms with Crippen LogP contribution >= 0.6 is 0 Å². The van der Waals surface area contributed by atoms with E-state index in [0.717, 1.165) is 44.9 Å². The minimum absolute atomic E-state index is 0.415. The molecule has 5 rings (SSSR count). The van der Waals surface area contributed by atoms with Crippen LogP contribution in [0.5, 0.6) is 11.5 Å². The van der Waals surface area contributed by atoms with Gasteiger partial charge in [0.1, 0.15) is 17.2 Å². The standard InChI is InChI=1S/C29H26N6O2/c1-20-9-10-30-22(12-20)6-5-11-35(24-13-25(36-3)16-26(14-24)37-4)23-7-8-27-28(15-23)31-18-29(33-27)21-17-32-34(2)19-21/h7-10,12-19H,11H2,1-4H3. The normalized spacial score (nSPS) is 10.6. The van der Waals surface area contributed by atoms with Gasteiger partial charge in [0.15, 0.2) is 0 Å². The van der Waals surface area contributed by atoms with Crippen molar-refractivity contribution in [3.63, 3.8) is 0 Å². The monoisotopic (exact) mass is 490 g/mol. The van der Waals surface area contributed by atoms with E-state index in [1.165, 1.54) is 0 Å². The molecule has 5 aromatic rings. The third-order valence-electron chi connectivity index (χ3n) is 5.86. The molecule has 3 aromatic heterocycles. The number of anilines is 2. The van der Waals surface area contributed by atoms with Crippen molar-refractivity contribution < 1.29 is 9.47 Å². The number of aromatic nitrogens is 5. The molecule has 2 aromatic carbocycles. The van der Waals surface area contributed by atoms with Crippen molar-refractivity contribution in [1.29, 1.82) is 0 Å². The molecule has 8 heteroatoms. The van der Waals surface area contributed by atoms with Gasteiger partial charge in [-0.3, -0.25) is 9.67 Å². The van der Waals surface area contributed by atoms with Crippen molar-refractivity contribution in [3.05, 3.63) is 84.6 Å². The topological polar surface area (TPSA) is 78.2 Å². The lowest BCUT2D eigenvalue weighted by atomic mass is 10.2. The zero-order valence-corrected chi connectivity index (χ0v) is 21.1. The van der Waals surface area contributed by atoms with E-state index in [1.807, 2.05) is 68.7 Å². The fraction of sp³-hybridized carbons (Fsp3) is 0.172. The molecule has 0 aliphatic heterocycles. The van der Waals surface area contributed by atoms with Gasteiger partial charge in [0, 0.05) is 54.6 Å². The molecule has 0 radical (unpaired) electrons. The zero-order chi connectivity index (χ0) is 25.8. The van der Waals surface area contributed by atoms with Crippen molar-refractivity contribution in [2.45, 2.75) is 6.92 Å². The molecular weight excluding hydrogens is 464 g/mol. The van der Waals surface area contributed by atoms with Crippen LogP contribution in [0.4, 0.5) is 11.4 Å². The molecule has 0 saturated carbocycles. The van der Waals surface area contributed by atoms with Gasteiger partial charge in [-0.05, 0) is 48.7 Å². The van der Waals surface area contributed by atoms with E-state index < -0.39 is 0 Å². The summed E-state index contributed by atoms with van der Waals surface area (Å²) in [4.78, 5) is 15.9. The molecule has 184 valence electrons. The Kier molecular flexibility index (Phi) is 6.68. The fourth-order valence-electron chi connectivity index (χ4n) is 3.95. The minimum atomic E-state index is 0.415. The predicted octanol–water partition coefficient (Wildman–Crippen LogP) is 4.94. The Labute approximate surface area is 215 Å². The van der Waals surface area contributed by atoms with Crippen molar-refractivity contribution in [2.75, 3.05) is 25.7 Å². The molecule has 0 aliphatic carbocycles. The highest BCUT2D eigenvalue weighted by molar-refractivity contribution is 5.83. The lowest BCUT2D eigenvalue weighted by Gasteiger charge is -2.24. The van der Waals surface area contributed by atoms with Gasteiger partial charge in [-0.2, -0.15) is 5.10 Å². The number of methoxy groups -OCH3 is 2. The molecule has 0 atom stereocenters. The third kappa shape index (κ3) is 5.36. The molecule has 0 bridgehead atoms. The maximum Gasteiger partial charge on any atom is 0.124 e. The second-order valence-corrected chi connectivity index (χ2v) is 8.51. The third-order valence-corrected chi connectivity index (χ3v) is 5.86. The van der Waals surface area contributed by atoms with Crippen LogP contribution in [0.25, 0.3) is 22.3 Å². The Morgan fingerprint density at radius 2 is 1.70 bits per heavy atom. The summed E-state index contributed by atoms with van der Waals surface area (Å²) >= 11 is 0. The van der Waals surface area contributed by atoms with Gasteiger partial charge >= 0.3 is 0 Å². The Morgan fingerprint density at radius 1 is 0.892 bits per heavy atom. The van der Waals surface area contributed by atoms with Gasteiger partial charge < -0.3 is 14.4 Å². The highest BCUT2D eigenvalue weighted by atomic mass is 16.5. The lowest BCUT2D eigenvalue weighted by Crippen LogP contribution is -2.17. The highest BCUT2D eigenvalue weighted by Crippen LogP contribution is 2.34. The lowest BCUT2D eigenvalue weighted by molar-refractivity contribution is 0.394. The Hall–Kier alpha value is -4.90. The summed E-state index contributed by atoms with van der Waals surface area (Å²) in [5, 5.41) is 4.23. The number of benzene rings is 2. The average molecular weight is 491 g/mol. The number of aryl methyl sites for hydroxylation is 2. The zero-order valence-electron chi connectivity index (χ0n) is 21.1. The molecule has 0 spiro atoms. The van der Waals surface area contributed by atoms with Gasteiger partial charge in [0.25, 0.3) is 0 Å². The number of fused-ring (bicyclic) bond motifs is 1. The number of hydrogen-bond acceptors (Lipinski definition) is 7. The number of rotatable bonds is 6. The van der Waals surface area contributed by atoms with E-state index >= 15 is 0 Å². The molecule has 0 fully saturated rings. The van der Waals surface area contributed by atoms with Gasteiger partial charge in [0.05, 0.1) is 49.9 Å². The Balaban J connectivity index is 1.54. The average Bonchev–Trinajstić information content (AvgIpc) is 3.36. The van der Waals surface area contributed by atoms with Crippen molar-refractivity contribution in [3.8, 4) is 34.6 Å². The molecule has 0 unspecified atom stereocenters. The second-order valence-electron chi connectivity index (χ2n) is 8.51.